The van der Waals surface area contributed by atoms with Gasteiger partial charge in [0.05, 0.1) is 0 Å². The molecule has 1 N–H and O–H groups in total. The highest BCUT2D eigenvalue weighted by molar-refractivity contribution is 5.12. The van der Waals surface area contributed by atoms with Crippen LogP contribution in [-0.2, 0) is 0 Å². The predicted octanol–water partition coefficient (Wildman–Crippen LogP) is 4.76. The third-order valence-corrected chi connectivity index (χ3v) is 7.06. The predicted molar refractivity (Wildman–Crippen MR) is 82.2 cm³/mol. The molecular formula is C18H33N. The van der Waals surface area contributed by atoms with E-state index >= 15 is 0 Å². The molecule has 3 unspecified atom stereocenters. The molecule has 0 aromatic carbocycles. The highest BCUT2D eigenvalue weighted by Crippen LogP contribution is 2.62. The summed E-state index contributed by atoms with van der Waals surface area (Å²) < 4.78 is 0. The van der Waals surface area contributed by atoms with Crippen LogP contribution in [0.4, 0.5) is 0 Å². The Balaban J connectivity index is 1.68. The van der Waals surface area contributed by atoms with Crippen molar-refractivity contribution in [2.75, 3.05) is 0 Å². The van der Waals surface area contributed by atoms with Gasteiger partial charge in [-0.25, -0.2) is 0 Å². The molecular weight excluding hydrogens is 230 g/mol. The van der Waals surface area contributed by atoms with Crippen molar-refractivity contribution in [1.82, 2.24) is 5.32 Å². The minimum Gasteiger partial charge on any atom is -0.310 e. The summed E-state index contributed by atoms with van der Waals surface area (Å²) in [5.41, 5.74) is 1.09. The normalized spacial score (nSPS) is 43.6. The lowest BCUT2D eigenvalue weighted by Crippen LogP contribution is -2.54. The van der Waals surface area contributed by atoms with E-state index in [0.717, 1.165) is 23.9 Å². The number of nitrogens with one attached hydrogen (secondary N) is 1. The SMILES string of the molecule is C[C@@H](NC1C2(C)CCC(C2)C1(C)C)C1CCCCC1. The first-order valence-electron chi connectivity index (χ1n) is 8.69. The Labute approximate surface area is 119 Å². The Kier molecular flexibility index (Phi) is 3.48. The molecule has 110 valence electrons. The summed E-state index contributed by atoms with van der Waals surface area (Å²) in [4.78, 5) is 0. The molecule has 0 heterocycles. The van der Waals surface area contributed by atoms with Crippen molar-refractivity contribution in [3.8, 4) is 0 Å². The van der Waals surface area contributed by atoms with Crippen LogP contribution in [0.3, 0.4) is 0 Å². The van der Waals surface area contributed by atoms with Gasteiger partial charge in [-0.1, -0.05) is 40.0 Å². The van der Waals surface area contributed by atoms with E-state index in [2.05, 4.69) is 33.0 Å². The van der Waals surface area contributed by atoms with E-state index in [4.69, 9.17) is 0 Å². The molecule has 1 heteroatoms. The second-order valence-electron chi connectivity index (χ2n) is 8.70. The van der Waals surface area contributed by atoms with Crippen LogP contribution >= 0.6 is 0 Å². The van der Waals surface area contributed by atoms with Crippen LogP contribution in [0, 0.1) is 22.7 Å². The zero-order valence-electron chi connectivity index (χ0n) is 13.5. The molecule has 0 amide bonds. The number of hydrogen-bond acceptors (Lipinski definition) is 1. The Bertz CT molecular complexity index is 324. The van der Waals surface area contributed by atoms with Crippen molar-refractivity contribution in [3.63, 3.8) is 0 Å². The molecule has 0 saturated heterocycles. The zero-order valence-corrected chi connectivity index (χ0v) is 13.5. The minimum atomic E-state index is 0.510. The van der Waals surface area contributed by atoms with Gasteiger partial charge in [0.2, 0.25) is 0 Å². The lowest BCUT2D eigenvalue weighted by molar-refractivity contribution is 0.0876. The zero-order chi connectivity index (χ0) is 13.7. The lowest BCUT2D eigenvalue weighted by atomic mass is 9.68. The van der Waals surface area contributed by atoms with Gasteiger partial charge < -0.3 is 5.32 Å². The van der Waals surface area contributed by atoms with Crippen molar-refractivity contribution in [2.45, 2.75) is 91.1 Å². The van der Waals surface area contributed by atoms with Gasteiger partial charge in [-0.2, -0.15) is 0 Å². The van der Waals surface area contributed by atoms with Crippen LogP contribution in [0.25, 0.3) is 0 Å². The van der Waals surface area contributed by atoms with E-state index in [-0.39, 0.29) is 0 Å². The Morgan fingerprint density at radius 2 is 1.68 bits per heavy atom. The molecule has 3 rings (SSSR count). The summed E-state index contributed by atoms with van der Waals surface area (Å²) >= 11 is 0. The van der Waals surface area contributed by atoms with Gasteiger partial charge in [0.15, 0.2) is 0 Å². The maximum atomic E-state index is 4.11. The van der Waals surface area contributed by atoms with Gasteiger partial charge >= 0.3 is 0 Å². The van der Waals surface area contributed by atoms with Crippen LogP contribution in [0.15, 0.2) is 0 Å². The summed E-state index contributed by atoms with van der Waals surface area (Å²) in [5, 5.41) is 4.11. The maximum absolute atomic E-state index is 4.11. The van der Waals surface area contributed by atoms with E-state index in [0.29, 0.717) is 10.8 Å². The van der Waals surface area contributed by atoms with Crippen molar-refractivity contribution in [1.29, 1.82) is 0 Å². The van der Waals surface area contributed by atoms with E-state index in [1.165, 1.54) is 51.4 Å². The van der Waals surface area contributed by atoms with Crippen LogP contribution < -0.4 is 5.32 Å². The van der Waals surface area contributed by atoms with Gasteiger partial charge in [-0.05, 0) is 61.7 Å². The van der Waals surface area contributed by atoms with Gasteiger partial charge in [-0.3, -0.25) is 0 Å². The smallest absolute Gasteiger partial charge is 0.0177 e. The van der Waals surface area contributed by atoms with E-state index in [9.17, 15) is 0 Å². The number of rotatable bonds is 3. The van der Waals surface area contributed by atoms with Crippen LogP contribution in [0.2, 0.25) is 0 Å². The van der Waals surface area contributed by atoms with E-state index in [1.807, 2.05) is 0 Å². The fraction of sp³-hybridized carbons (Fsp3) is 1.00. The molecule has 2 bridgehead atoms. The molecule has 19 heavy (non-hydrogen) atoms. The average Bonchev–Trinajstić information content (AvgIpc) is 2.87. The van der Waals surface area contributed by atoms with Gasteiger partial charge in [0, 0.05) is 12.1 Å². The molecule has 0 radical (unpaired) electrons. The first kappa shape index (κ1) is 13.9. The average molecular weight is 263 g/mol. The third-order valence-electron chi connectivity index (χ3n) is 7.06. The Hall–Kier alpha value is -0.0400. The summed E-state index contributed by atoms with van der Waals surface area (Å²) in [7, 11) is 0. The molecule has 0 aliphatic heterocycles. The highest BCUT2D eigenvalue weighted by atomic mass is 15.0. The number of fused-ring (bicyclic) bond motifs is 2. The lowest BCUT2D eigenvalue weighted by Gasteiger charge is -2.46. The summed E-state index contributed by atoms with van der Waals surface area (Å²) in [5.74, 6) is 1.90. The molecule has 3 aliphatic carbocycles. The number of hydrogen-bond donors (Lipinski definition) is 1. The highest BCUT2D eigenvalue weighted by Gasteiger charge is 2.59. The molecule has 3 aliphatic rings. The van der Waals surface area contributed by atoms with E-state index in [1.54, 1.807) is 0 Å². The molecule has 0 spiro atoms. The molecule has 0 aromatic rings. The standard InChI is InChI=1S/C18H33N/c1-13(14-8-6-5-7-9-14)19-16-17(2,3)15-10-11-18(16,4)12-15/h13-16,19H,5-12H2,1-4H3/t13-,15?,16?,18?/m1/s1. The fourth-order valence-corrected chi connectivity index (χ4v) is 5.75. The van der Waals surface area contributed by atoms with Crippen LogP contribution in [0.1, 0.15) is 79.1 Å². The van der Waals surface area contributed by atoms with Crippen molar-refractivity contribution >= 4 is 0 Å². The van der Waals surface area contributed by atoms with Crippen LogP contribution in [0.5, 0.6) is 0 Å². The first-order chi connectivity index (χ1) is 8.93. The second kappa shape index (κ2) is 4.76. The van der Waals surface area contributed by atoms with Crippen LogP contribution in [-0.4, -0.2) is 12.1 Å². The molecule has 3 saturated carbocycles. The molecule has 1 nitrogen and oxygen atoms in total. The van der Waals surface area contributed by atoms with E-state index < -0.39 is 0 Å². The summed E-state index contributed by atoms with van der Waals surface area (Å²) in [6.07, 6.45) is 11.7. The Morgan fingerprint density at radius 3 is 2.26 bits per heavy atom. The monoisotopic (exact) mass is 263 g/mol. The topological polar surface area (TPSA) is 12.0 Å². The molecule has 3 fully saturated rings. The third kappa shape index (κ3) is 2.26. The summed E-state index contributed by atoms with van der Waals surface area (Å²) in [6, 6.07) is 1.47. The Morgan fingerprint density at radius 1 is 1.00 bits per heavy atom. The molecule has 0 aromatic heterocycles. The quantitative estimate of drug-likeness (QED) is 0.774. The summed E-state index contributed by atoms with van der Waals surface area (Å²) in [6.45, 7) is 10.1. The van der Waals surface area contributed by atoms with Crippen molar-refractivity contribution in [2.24, 2.45) is 22.7 Å². The second-order valence-corrected chi connectivity index (χ2v) is 8.70. The van der Waals surface area contributed by atoms with Crippen molar-refractivity contribution in [3.05, 3.63) is 0 Å². The van der Waals surface area contributed by atoms with Gasteiger partial charge in [0.25, 0.3) is 0 Å². The first-order valence-corrected chi connectivity index (χ1v) is 8.69. The fourth-order valence-electron chi connectivity index (χ4n) is 5.75. The van der Waals surface area contributed by atoms with Gasteiger partial charge in [0.1, 0.15) is 0 Å². The van der Waals surface area contributed by atoms with Crippen molar-refractivity contribution < 1.29 is 0 Å². The van der Waals surface area contributed by atoms with Gasteiger partial charge in [-0.15, -0.1) is 0 Å². The maximum Gasteiger partial charge on any atom is 0.0177 e. The largest absolute Gasteiger partial charge is 0.310 e. The molecule has 4 atom stereocenters. The minimum absolute atomic E-state index is 0.510.